The number of methoxy groups -OCH3 is 1. The Morgan fingerprint density at radius 1 is 1.02 bits per heavy atom. The highest BCUT2D eigenvalue weighted by molar-refractivity contribution is 6.05. The highest BCUT2D eigenvalue weighted by Crippen LogP contribution is 2.53. The molecule has 1 aliphatic carbocycles. The van der Waals surface area contributed by atoms with Gasteiger partial charge in [0.15, 0.2) is 5.75 Å². The van der Waals surface area contributed by atoms with Crippen LogP contribution in [0.15, 0.2) is 84.2 Å². The quantitative estimate of drug-likeness (QED) is 0.195. The van der Waals surface area contributed by atoms with E-state index in [0.29, 0.717) is 35.7 Å². The van der Waals surface area contributed by atoms with Gasteiger partial charge >= 0.3 is 6.18 Å². The summed E-state index contributed by atoms with van der Waals surface area (Å²) in [6.07, 6.45) is 1.47. The molecule has 2 N–H and O–H groups in total. The second-order valence-corrected chi connectivity index (χ2v) is 12.9. The molecule has 1 atom stereocenters. The molecule has 49 heavy (non-hydrogen) atoms. The Labute approximate surface area is 285 Å². The smallest absolute Gasteiger partial charge is 0.402 e. The van der Waals surface area contributed by atoms with Crippen LogP contribution in [-0.2, 0) is 10.2 Å². The van der Waals surface area contributed by atoms with Crippen molar-refractivity contribution in [2.24, 2.45) is 0 Å². The molecule has 1 aliphatic heterocycles. The summed E-state index contributed by atoms with van der Waals surface area (Å²) < 4.78 is 52.8. The number of rotatable bonds is 9. The largest absolute Gasteiger partial charge is 0.494 e. The van der Waals surface area contributed by atoms with E-state index in [0.717, 1.165) is 42.0 Å². The fourth-order valence-electron chi connectivity index (χ4n) is 7.22. The Morgan fingerprint density at radius 2 is 1.76 bits per heavy atom. The molecule has 6 rings (SSSR count). The third-order valence-corrected chi connectivity index (χ3v) is 10.1. The number of pyridine rings is 1. The number of nitrogens with one attached hydrogen (secondary N) is 2. The summed E-state index contributed by atoms with van der Waals surface area (Å²) in [7, 11) is 3.48. The summed E-state index contributed by atoms with van der Waals surface area (Å²) in [5.74, 6) is 0.0731. The number of benzene rings is 2. The maximum atomic E-state index is 15.7. The zero-order valence-corrected chi connectivity index (χ0v) is 28.6. The fraction of sp³-hybridized carbons (Fsp3) is 0.368. The van der Waals surface area contributed by atoms with Gasteiger partial charge in [-0.05, 0) is 60.9 Å². The summed E-state index contributed by atoms with van der Waals surface area (Å²) in [5, 5.41) is 3.73. The van der Waals surface area contributed by atoms with Gasteiger partial charge < -0.3 is 24.8 Å². The van der Waals surface area contributed by atoms with Gasteiger partial charge in [-0.1, -0.05) is 49.4 Å². The topological polar surface area (TPSA) is 76.7 Å². The van der Waals surface area contributed by atoms with Crippen molar-refractivity contribution in [3.8, 4) is 5.75 Å². The van der Waals surface area contributed by atoms with Gasteiger partial charge in [0.2, 0.25) is 0 Å². The molecule has 0 bridgehead atoms. The van der Waals surface area contributed by atoms with Crippen LogP contribution in [0.3, 0.4) is 0 Å². The van der Waals surface area contributed by atoms with Crippen molar-refractivity contribution in [3.63, 3.8) is 0 Å². The van der Waals surface area contributed by atoms with Crippen LogP contribution in [0.2, 0.25) is 0 Å². The van der Waals surface area contributed by atoms with Gasteiger partial charge in [0.25, 0.3) is 5.91 Å². The number of hydrogen-bond acceptors (Lipinski definition) is 6. The van der Waals surface area contributed by atoms with Crippen LogP contribution in [0.4, 0.5) is 30.2 Å². The molecule has 0 saturated carbocycles. The Balaban J connectivity index is 1.32. The number of fused-ring (bicyclic) bond motifs is 1. The van der Waals surface area contributed by atoms with Crippen LogP contribution >= 0.6 is 0 Å². The summed E-state index contributed by atoms with van der Waals surface area (Å²) in [6, 6.07) is 14.0. The standard InChI is InChI=1S/C38H43F3N6O2/c1-6-46-17-19-47(20-18-46)24-28-13-12-27(22-37(28,38(39,40)41)31-10-8-7-9-25(31)2)36(48)44-29-14-11-26(3)32(21-29)45(4)33-23-43-35-30(15-16-42-35)34(33)49-5/h7-16,21,23H,6,17-20,22,24H2,1-5H3,(H,42,43)(H,44,48). The number of amides is 1. The van der Waals surface area contributed by atoms with E-state index >= 15 is 13.2 Å². The van der Waals surface area contributed by atoms with E-state index in [9.17, 15) is 4.79 Å². The third kappa shape index (κ3) is 6.45. The molecule has 11 heteroatoms. The van der Waals surface area contributed by atoms with Crippen LogP contribution in [0.25, 0.3) is 11.0 Å². The first-order valence-electron chi connectivity index (χ1n) is 16.6. The van der Waals surface area contributed by atoms with Gasteiger partial charge in [-0.25, -0.2) is 4.98 Å². The number of piperazine rings is 1. The minimum Gasteiger partial charge on any atom is -0.494 e. The van der Waals surface area contributed by atoms with E-state index in [4.69, 9.17) is 4.74 Å². The fourth-order valence-corrected chi connectivity index (χ4v) is 7.22. The Bertz CT molecular complexity index is 1910. The second-order valence-electron chi connectivity index (χ2n) is 12.9. The van der Waals surface area contributed by atoms with E-state index in [1.807, 2.05) is 37.1 Å². The summed E-state index contributed by atoms with van der Waals surface area (Å²) in [6.45, 7) is 9.86. The van der Waals surface area contributed by atoms with Crippen LogP contribution in [-0.4, -0.2) is 85.3 Å². The minimum absolute atomic E-state index is 0.0689. The molecule has 4 aromatic rings. The highest BCUT2D eigenvalue weighted by Gasteiger charge is 2.60. The Morgan fingerprint density at radius 3 is 2.45 bits per heavy atom. The monoisotopic (exact) mass is 672 g/mol. The van der Waals surface area contributed by atoms with Gasteiger partial charge in [-0.15, -0.1) is 0 Å². The molecule has 1 unspecified atom stereocenters. The maximum absolute atomic E-state index is 15.7. The average Bonchev–Trinajstić information content (AvgIpc) is 3.58. The normalized spacial score (nSPS) is 19.0. The molecule has 2 aliphatic rings. The van der Waals surface area contributed by atoms with Crippen molar-refractivity contribution in [2.75, 3.05) is 63.6 Å². The molecule has 8 nitrogen and oxygen atoms in total. The molecule has 1 saturated heterocycles. The van der Waals surface area contributed by atoms with Gasteiger partial charge in [0.05, 0.1) is 18.7 Å². The molecular formula is C38H43F3N6O2. The van der Waals surface area contributed by atoms with Crippen LogP contribution in [0, 0.1) is 13.8 Å². The third-order valence-electron chi connectivity index (χ3n) is 10.1. The van der Waals surface area contributed by atoms with Crippen molar-refractivity contribution in [3.05, 3.63) is 101 Å². The molecule has 3 heterocycles. The van der Waals surface area contributed by atoms with E-state index in [1.165, 1.54) is 6.08 Å². The van der Waals surface area contributed by atoms with Crippen molar-refractivity contribution in [2.45, 2.75) is 38.8 Å². The van der Waals surface area contributed by atoms with Crippen molar-refractivity contribution in [1.29, 1.82) is 0 Å². The lowest BCUT2D eigenvalue weighted by molar-refractivity contribution is -0.181. The second kappa shape index (κ2) is 13.7. The minimum atomic E-state index is -4.65. The predicted molar refractivity (Wildman–Crippen MR) is 189 cm³/mol. The summed E-state index contributed by atoms with van der Waals surface area (Å²) in [5.41, 5.74) is 2.29. The molecule has 1 amide bonds. The summed E-state index contributed by atoms with van der Waals surface area (Å²) in [4.78, 5) is 27.8. The molecular weight excluding hydrogens is 629 g/mol. The van der Waals surface area contributed by atoms with Gasteiger partial charge in [-0.3, -0.25) is 9.69 Å². The number of alkyl halides is 3. The number of H-pyrrole nitrogens is 1. The number of hydrogen-bond donors (Lipinski definition) is 2. The van der Waals surface area contributed by atoms with Crippen LogP contribution in [0.5, 0.6) is 5.75 Å². The van der Waals surface area contributed by atoms with E-state index in [-0.39, 0.29) is 23.3 Å². The Hall–Kier alpha value is -4.61. The molecule has 0 spiro atoms. The number of carbonyl (C=O) groups is 1. The maximum Gasteiger partial charge on any atom is 0.402 e. The van der Waals surface area contributed by atoms with E-state index in [2.05, 4.69) is 32.0 Å². The van der Waals surface area contributed by atoms with Crippen LogP contribution in [0.1, 0.15) is 30.0 Å². The first-order chi connectivity index (χ1) is 23.5. The molecule has 258 valence electrons. The molecule has 0 radical (unpaired) electrons. The lowest BCUT2D eigenvalue weighted by Gasteiger charge is -2.44. The first kappa shape index (κ1) is 34.3. The number of allylic oxidation sites excluding steroid dienone is 2. The molecule has 2 aromatic carbocycles. The molecule has 2 aromatic heterocycles. The average molecular weight is 673 g/mol. The van der Waals surface area contributed by atoms with E-state index in [1.54, 1.807) is 62.8 Å². The van der Waals surface area contributed by atoms with Gasteiger partial charge in [0.1, 0.15) is 16.7 Å². The van der Waals surface area contributed by atoms with Gasteiger partial charge in [0, 0.05) is 69.3 Å². The number of halogens is 3. The zero-order valence-electron chi connectivity index (χ0n) is 28.6. The lowest BCUT2D eigenvalue weighted by Crippen LogP contribution is -2.52. The van der Waals surface area contributed by atoms with Crippen molar-refractivity contribution >= 4 is 34.0 Å². The predicted octanol–water partition coefficient (Wildman–Crippen LogP) is 7.29. The van der Waals surface area contributed by atoms with Crippen molar-refractivity contribution in [1.82, 2.24) is 19.8 Å². The number of carbonyl (C=O) groups excluding carboxylic acids is 1. The number of aryl methyl sites for hydroxylation is 2. The number of anilines is 3. The van der Waals surface area contributed by atoms with Gasteiger partial charge in [-0.2, -0.15) is 13.2 Å². The SMILES string of the molecule is CCN1CCN(CC2=CC=C(C(=O)Nc3ccc(C)c(N(C)c4cnc5[nH]ccc5c4OC)c3)CC2(c2ccccc2C)C(F)(F)F)CC1. The van der Waals surface area contributed by atoms with Crippen LogP contribution < -0.4 is 15.0 Å². The van der Waals surface area contributed by atoms with Crippen molar-refractivity contribution < 1.29 is 22.7 Å². The summed E-state index contributed by atoms with van der Waals surface area (Å²) >= 11 is 0. The molecule has 1 fully saturated rings. The Kier molecular flexibility index (Phi) is 9.59. The zero-order chi connectivity index (χ0) is 34.9. The number of likely N-dealkylation sites (N-methyl/N-ethyl adjacent to an activating group) is 1. The first-order valence-corrected chi connectivity index (χ1v) is 16.6. The number of ether oxygens (including phenoxy) is 1. The number of nitrogens with zero attached hydrogens (tertiary/aromatic N) is 4. The lowest BCUT2D eigenvalue weighted by atomic mass is 9.65. The number of aromatic amines is 1. The van der Waals surface area contributed by atoms with E-state index < -0.39 is 23.9 Å². The highest BCUT2D eigenvalue weighted by atomic mass is 19.4. The number of aromatic nitrogens is 2.